The van der Waals surface area contributed by atoms with Gasteiger partial charge in [0.1, 0.15) is 6.10 Å². The average Bonchev–Trinajstić information content (AvgIpc) is 3.54. The van der Waals surface area contributed by atoms with Crippen LogP contribution in [0.3, 0.4) is 0 Å². The summed E-state index contributed by atoms with van der Waals surface area (Å²) in [6, 6.07) is 0. The van der Waals surface area contributed by atoms with Crippen LogP contribution >= 0.6 is 7.75 Å². The minimum Gasteiger partial charge on any atom is -0.457 e. The zero-order chi connectivity index (χ0) is 35.4. The SMILES string of the molecule is CCCCCCCC/C=C\CCCCCCCC(=O)OC(COCCCCCCCCCCCCCCCCCC)COP1(=O)NCCO1. The third-order valence-electron chi connectivity index (χ3n) is 9.49. The van der Waals surface area contributed by atoms with Crippen molar-refractivity contribution in [2.45, 2.75) is 213 Å². The van der Waals surface area contributed by atoms with E-state index in [1.807, 2.05) is 0 Å². The lowest BCUT2D eigenvalue weighted by molar-refractivity contribution is -0.154. The van der Waals surface area contributed by atoms with Crippen molar-refractivity contribution in [2.75, 3.05) is 33.0 Å². The Balaban J connectivity index is 2.06. The Morgan fingerprint density at radius 2 is 1.08 bits per heavy atom. The number of allylic oxidation sites excluding steroid dienone is 2. The Morgan fingerprint density at radius 1 is 0.633 bits per heavy atom. The van der Waals surface area contributed by atoms with Crippen LogP contribution in [0.1, 0.15) is 206 Å². The van der Waals surface area contributed by atoms with Gasteiger partial charge in [-0.3, -0.25) is 13.8 Å². The van der Waals surface area contributed by atoms with E-state index in [-0.39, 0.29) is 19.2 Å². The van der Waals surface area contributed by atoms with Crippen LogP contribution in [0.5, 0.6) is 0 Å². The van der Waals surface area contributed by atoms with Crippen LogP contribution in [0.4, 0.5) is 0 Å². The maximum Gasteiger partial charge on any atom is 0.405 e. The molecule has 1 saturated heterocycles. The van der Waals surface area contributed by atoms with Gasteiger partial charge in [0.05, 0.1) is 19.8 Å². The Morgan fingerprint density at radius 3 is 1.55 bits per heavy atom. The number of hydrogen-bond acceptors (Lipinski definition) is 6. The minimum absolute atomic E-state index is 0.00134. The molecule has 0 radical (unpaired) electrons. The first-order valence-electron chi connectivity index (χ1n) is 21.2. The second kappa shape index (κ2) is 35.7. The summed E-state index contributed by atoms with van der Waals surface area (Å²) in [5.74, 6) is -0.240. The van der Waals surface area contributed by atoms with Gasteiger partial charge in [0.15, 0.2) is 0 Å². The summed E-state index contributed by atoms with van der Waals surface area (Å²) in [5.41, 5.74) is 0. The van der Waals surface area contributed by atoms with Gasteiger partial charge < -0.3 is 9.47 Å². The van der Waals surface area contributed by atoms with E-state index in [1.54, 1.807) is 0 Å². The summed E-state index contributed by atoms with van der Waals surface area (Å²) >= 11 is 0. The van der Waals surface area contributed by atoms with E-state index in [0.29, 0.717) is 26.2 Å². The predicted molar refractivity (Wildman–Crippen MR) is 207 cm³/mol. The number of hydrogen-bond donors (Lipinski definition) is 1. The summed E-state index contributed by atoms with van der Waals surface area (Å²) in [6.45, 7) is 6.27. The molecule has 0 aromatic rings. The fourth-order valence-corrected chi connectivity index (χ4v) is 7.64. The number of ether oxygens (including phenoxy) is 2. The number of carbonyl (C=O) groups excluding carboxylic acids is 1. The molecule has 0 aromatic heterocycles. The first-order valence-corrected chi connectivity index (χ1v) is 22.7. The first-order chi connectivity index (χ1) is 24.1. The van der Waals surface area contributed by atoms with Crippen molar-refractivity contribution < 1.29 is 27.9 Å². The molecule has 1 heterocycles. The molecule has 0 bridgehead atoms. The van der Waals surface area contributed by atoms with Crippen molar-refractivity contribution in [3.8, 4) is 0 Å². The Hall–Kier alpha value is -0.720. The van der Waals surface area contributed by atoms with Crippen LogP contribution < -0.4 is 5.09 Å². The average molecular weight is 714 g/mol. The normalized spacial score (nSPS) is 16.9. The van der Waals surface area contributed by atoms with Gasteiger partial charge in [-0.25, -0.2) is 9.65 Å². The van der Waals surface area contributed by atoms with Crippen molar-refractivity contribution in [1.82, 2.24) is 5.09 Å². The fourth-order valence-electron chi connectivity index (χ4n) is 6.33. The molecule has 8 heteroatoms. The van der Waals surface area contributed by atoms with E-state index >= 15 is 0 Å². The molecule has 1 rings (SSSR count). The molecule has 1 aliphatic heterocycles. The Kier molecular flexibility index (Phi) is 33.7. The minimum atomic E-state index is -3.30. The van der Waals surface area contributed by atoms with Crippen LogP contribution in [0, 0.1) is 0 Å². The standard InChI is InChI=1S/C41H80NO6P/c1-3-5-7-9-11-13-15-17-19-21-23-25-27-29-31-33-36-45-38-40(39-47-49(44)42-35-37-46-49)48-41(43)34-32-30-28-26-24-22-20-18-16-14-12-10-8-6-4-2/h18,20,40H,3-17,19,21-39H2,1-2H3,(H,42,44)/b20-18-. The number of rotatable bonds is 38. The van der Waals surface area contributed by atoms with Gasteiger partial charge in [0, 0.05) is 19.6 Å². The summed E-state index contributed by atoms with van der Waals surface area (Å²) < 4.78 is 34.9. The van der Waals surface area contributed by atoms with Gasteiger partial charge in [0.25, 0.3) is 0 Å². The number of esters is 1. The monoisotopic (exact) mass is 714 g/mol. The largest absolute Gasteiger partial charge is 0.457 e. The zero-order valence-corrected chi connectivity index (χ0v) is 33.3. The van der Waals surface area contributed by atoms with Crippen LogP contribution in [0.2, 0.25) is 0 Å². The third-order valence-corrected chi connectivity index (χ3v) is 11.1. The fraction of sp³-hybridized carbons (Fsp3) is 0.927. The number of unbranched alkanes of at least 4 members (excludes halogenated alkanes) is 26. The third kappa shape index (κ3) is 31.7. The molecule has 7 nitrogen and oxygen atoms in total. The van der Waals surface area contributed by atoms with Crippen LogP contribution in [0.25, 0.3) is 0 Å². The molecule has 49 heavy (non-hydrogen) atoms. The van der Waals surface area contributed by atoms with Gasteiger partial charge in [0.2, 0.25) is 0 Å². The molecule has 2 unspecified atom stereocenters. The van der Waals surface area contributed by atoms with Crippen molar-refractivity contribution in [3.05, 3.63) is 12.2 Å². The number of nitrogens with one attached hydrogen (secondary N) is 1. The molecule has 0 spiro atoms. The van der Waals surface area contributed by atoms with Crippen LogP contribution in [-0.4, -0.2) is 45.0 Å². The Labute approximate surface area is 303 Å². The van der Waals surface area contributed by atoms with Gasteiger partial charge in [-0.2, -0.15) is 0 Å². The number of carbonyl (C=O) groups is 1. The van der Waals surface area contributed by atoms with Gasteiger partial charge in [-0.1, -0.05) is 174 Å². The van der Waals surface area contributed by atoms with Crippen molar-refractivity contribution in [3.63, 3.8) is 0 Å². The van der Waals surface area contributed by atoms with E-state index in [0.717, 1.165) is 38.5 Å². The van der Waals surface area contributed by atoms with E-state index < -0.39 is 13.9 Å². The van der Waals surface area contributed by atoms with E-state index in [4.69, 9.17) is 18.5 Å². The topological polar surface area (TPSA) is 83.1 Å². The highest BCUT2D eigenvalue weighted by atomic mass is 31.2. The zero-order valence-electron chi connectivity index (χ0n) is 32.4. The summed E-state index contributed by atoms with van der Waals surface area (Å²) in [5, 5.41) is 2.78. The molecule has 1 N–H and O–H groups in total. The molecular formula is C41H80NO6P. The summed E-state index contributed by atoms with van der Waals surface area (Å²) in [7, 11) is -3.30. The maximum absolute atomic E-state index is 12.6. The smallest absolute Gasteiger partial charge is 0.405 e. The summed E-state index contributed by atoms with van der Waals surface area (Å²) in [4.78, 5) is 12.6. The predicted octanol–water partition coefficient (Wildman–Crippen LogP) is 13.0. The quantitative estimate of drug-likeness (QED) is 0.0295. The highest BCUT2D eigenvalue weighted by Gasteiger charge is 2.31. The van der Waals surface area contributed by atoms with Crippen LogP contribution in [0.15, 0.2) is 12.2 Å². The lowest BCUT2D eigenvalue weighted by Gasteiger charge is -2.20. The molecule has 1 aliphatic rings. The molecule has 290 valence electrons. The molecular weight excluding hydrogens is 633 g/mol. The highest BCUT2D eigenvalue weighted by Crippen LogP contribution is 2.46. The van der Waals surface area contributed by atoms with E-state index in [1.165, 1.54) is 148 Å². The van der Waals surface area contributed by atoms with Crippen molar-refractivity contribution in [1.29, 1.82) is 0 Å². The highest BCUT2D eigenvalue weighted by molar-refractivity contribution is 7.51. The van der Waals surface area contributed by atoms with Crippen molar-refractivity contribution >= 4 is 13.7 Å². The van der Waals surface area contributed by atoms with Crippen molar-refractivity contribution in [2.24, 2.45) is 0 Å². The second-order valence-electron chi connectivity index (χ2n) is 14.4. The molecule has 0 amide bonds. The molecule has 0 saturated carbocycles. The molecule has 2 atom stereocenters. The Bertz CT molecular complexity index is 784. The molecule has 0 aromatic carbocycles. The summed E-state index contributed by atoms with van der Waals surface area (Å²) in [6.07, 6.45) is 41.8. The van der Waals surface area contributed by atoms with Gasteiger partial charge >= 0.3 is 13.7 Å². The molecule has 1 fully saturated rings. The van der Waals surface area contributed by atoms with Gasteiger partial charge in [-0.15, -0.1) is 0 Å². The lowest BCUT2D eigenvalue weighted by atomic mass is 10.0. The molecule has 0 aliphatic carbocycles. The van der Waals surface area contributed by atoms with Gasteiger partial charge in [-0.05, 0) is 38.5 Å². The second-order valence-corrected chi connectivity index (χ2v) is 16.2. The maximum atomic E-state index is 12.6. The lowest BCUT2D eigenvalue weighted by Crippen LogP contribution is -2.29. The van der Waals surface area contributed by atoms with Crippen LogP contribution in [-0.2, 0) is 27.9 Å². The van der Waals surface area contributed by atoms with E-state index in [9.17, 15) is 9.36 Å². The van der Waals surface area contributed by atoms with E-state index in [2.05, 4.69) is 31.1 Å². The first kappa shape index (κ1) is 46.3.